The van der Waals surface area contributed by atoms with E-state index in [0.29, 0.717) is 16.3 Å². The Bertz CT molecular complexity index is 1750. The number of nitrogens with zero attached hydrogens (tertiary/aromatic N) is 4. The Morgan fingerprint density at radius 1 is 1.16 bits per heavy atom. The van der Waals surface area contributed by atoms with Crippen LogP contribution in [0.1, 0.15) is 38.3 Å². The summed E-state index contributed by atoms with van der Waals surface area (Å²) >= 11 is 0. The van der Waals surface area contributed by atoms with Crippen LogP contribution in [0.3, 0.4) is 0 Å². The van der Waals surface area contributed by atoms with Crippen LogP contribution in [-0.4, -0.2) is 26.9 Å². The van der Waals surface area contributed by atoms with Gasteiger partial charge in [0, 0.05) is 11.1 Å². The number of pyridine rings is 1. The summed E-state index contributed by atoms with van der Waals surface area (Å²) in [7, 11) is 0. The maximum Gasteiger partial charge on any atom is 0.416 e. The SMILES string of the molecule is Cc1ccc2[nH]c(=O)c(/C=N/NC(=O)c3nn(-c4cccc(C(F)(F)F)c4)c(=O)c(C#N)c3C)cc2c1. The minimum atomic E-state index is -4.68. The van der Waals surface area contributed by atoms with E-state index in [9.17, 15) is 32.8 Å². The van der Waals surface area contributed by atoms with E-state index in [-0.39, 0.29) is 16.8 Å². The van der Waals surface area contributed by atoms with Crippen LogP contribution in [0.25, 0.3) is 16.6 Å². The summed E-state index contributed by atoms with van der Waals surface area (Å²) in [6, 6.07) is 12.5. The predicted octanol–water partition coefficient (Wildman–Crippen LogP) is 3.35. The zero-order chi connectivity index (χ0) is 26.9. The lowest BCUT2D eigenvalue weighted by molar-refractivity contribution is -0.137. The fraction of sp³-hybridized carbons (Fsp3) is 0.120. The van der Waals surface area contributed by atoms with Crippen molar-refractivity contribution >= 4 is 23.0 Å². The highest BCUT2D eigenvalue weighted by atomic mass is 19.4. The number of aryl methyl sites for hydroxylation is 1. The van der Waals surface area contributed by atoms with Crippen LogP contribution in [0.5, 0.6) is 0 Å². The van der Waals surface area contributed by atoms with Gasteiger partial charge < -0.3 is 4.98 Å². The zero-order valence-corrected chi connectivity index (χ0v) is 19.3. The number of carbonyl (C=O) groups excluding carboxylic acids is 1. The van der Waals surface area contributed by atoms with Crippen LogP contribution >= 0.6 is 0 Å². The Morgan fingerprint density at radius 3 is 2.62 bits per heavy atom. The second kappa shape index (κ2) is 9.54. The van der Waals surface area contributed by atoms with Crippen molar-refractivity contribution in [1.82, 2.24) is 20.2 Å². The molecule has 0 radical (unpaired) electrons. The summed E-state index contributed by atoms with van der Waals surface area (Å²) in [5.41, 5.74) is 0.193. The monoisotopic (exact) mass is 506 g/mol. The van der Waals surface area contributed by atoms with Gasteiger partial charge in [-0.25, -0.2) is 5.43 Å². The standard InChI is InChI=1S/C25H17F3N6O3/c1-13-6-7-20-15(8-13)9-16(22(35)31-20)12-30-32-23(36)21-14(2)19(11-29)24(37)34(33-21)18-5-3-4-17(10-18)25(26,27)28/h3-10,12H,1-2H3,(H,31,35)(H,32,36)/b30-12+. The maximum absolute atomic E-state index is 13.2. The Morgan fingerprint density at radius 2 is 1.92 bits per heavy atom. The Kier molecular flexibility index (Phi) is 6.46. The van der Waals surface area contributed by atoms with Crippen molar-refractivity contribution in [3.05, 3.63) is 103 Å². The van der Waals surface area contributed by atoms with Gasteiger partial charge in [0.15, 0.2) is 5.69 Å². The van der Waals surface area contributed by atoms with Crippen molar-refractivity contribution in [1.29, 1.82) is 5.26 Å². The van der Waals surface area contributed by atoms with E-state index in [0.717, 1.165) is 29.3 Å². The molecule has 0 aliphatic carbocycles. The number of benzene rings is 2. The van der Waals surface area contributed by atoms with Gasteiger partial charge in [-0.15, -0.1) is 0 Å². The molecule has 186 valence electrons. The predicted molar refractivity (Wildman–Crippen MR) is 129 cm³/mol. The number of H-pyrrole nitrogens is 1. The third-order valence-electron chi connectivity index (χ3n) is 5.48. The molecule has 0 bridgehead atoms. The molecule has 0 fully saturated rings. The summed E-state index contributed by atoms with van der Waals surface area (Å²) in [5.74, 6) is -0.945. The smallest absolute Gasteiger partial charge is 0.321 e. The average Bonchev–Trinajstić information content (AvgIpc) is 2.84. The van der Waals surface area contributed by atoms with E-state index in [4.69, 9.17) is 0 Å². The van der Waals surface area contributed by atoms with Gasteiger partial charge in [-0.1, -0.05) is 17.7 Å². The topological polar surface area (TPSA) is 133 Å². The number of carbonyl (C=O) groups is 1. The molecule has 0 saturated carbocycles. The average molecular weight is 506 g/mol. The van der Waals surface area contributed by atoms with Gasteiger partial charge in [0.05, 0.1) is 23.0 Å². The third kappa shape index (κ3) is 5.01. The molecule has 2 aromatic carbocycles. The highest BCUT2D eigenvalue weighted by Crippen LogP contribution is 2.30. The first-order valence-electron chi connectivity index (χ1n) is 10.7. The molecule has 0 atom stereocenters. The van der Waals surface area contributed by atoms with Crippen molar-refractivity contribution in [2.75, 3.05) is 0 Å². The summed E-state index contributed by atoms with van der Waals surface area (Å²) in [4.78, 5) is 40.5. The van der Waals surface area contributed by atoms with Gasteiger partial charge in [0.2, 0.25) is 0 Å². The van der Waals surface area contributed by atoms with E-state index >= 15 is 0 Å². The number of rotatable bonds is 4. The second-order valence-electron chi connectivity index (χ2n) is 8.07. The number of hydrogen-bond donors (Lipinski definition) is 2. The van der Waals surface area contributed by atoms with Gasteiger partial charge in [0.25, 0.3) is 17.0 Å². The molecule has 1 amide bonds. The zero-order valence-electron chi connectivity index (χ0n) is 19.3. The second-order valence-corrected chi connectivity index (χ2v) is 8.07. The van der Waals surface area contributed by atoms with Crippen molar-refractivity contribution < 1.29 is 18.0 Å². The number of halogens is 3. The lowest BCUT2D eigenvalue weighted by Crippen LogP contribution is -2.31. The summed E-state index contributed by atoms with van der Waals surface area (Å²) < 4.78 is 40.0. The lowest BCUT2D eigenvalue weighted by atomic mass is 10.1. The highest BCUT2D eigenvalue weighted by molar-refractivity contribution is 5.95. The van der Waals surface area contributed by atoms with Crippen LogP contribution in [0.4, 0.5) is 13.2 Å². The van der Waals surface area contributed by atoms with Crippen LogP contribution in [-0.2, 0) is 6.18 Å². The van der Waals surface area contributed by atoms with E-state index in [1.54, 1.807) is 18.2 Å². The van der Waals surface area contributed by atoms with Gasteiger partial charge in [-0.3, -0.25) is 14.4 Å². The number of aromatic amines is 1. The maximum atomic E-state index is 13.2. The molecule has 12 heteroatoms. The molecule has 2 N–H and O–H groups in total. The molecule has 4 rings (SSSR count). The first-order valence-corrected chi connectivity index (χ1v) is 10.7. The number of amides is 1. The fourth-order valence-electron chi connectivity index (χ4n) is 3.59. The first kappa shape index (κ1) is 25.1. The van der Waals surface area contributed by atoms with E-state index in [2.05, 4.69) is 20.6 Å². The molecular weight excluding hydrogens is 489 g/mol. The minimum Gasteiger partial charge on any atom is -0.321 e. The van der Waals surface area contributed by atoms with Crippen molar-refractivity contribution in [3.8, 4) is 11.8 Å². The number of aromatic nitrogens is 3. The van der Waals surface area contributed by atoms with Crippen molar-refractivity contribution in [2.45, 2.75) is 20.0 Å². The summed E-state index contributed by atoms with van der Waals surface area (Å²) in [6.07, 6.45) is -3.57. The van der Waals surface area contributed by atoms with Crippen LogP contribution in [0.2, 0.25) is 0 Å². The Balaban J connectivity index is 1.70. The molecule has 2 aromatic heterocycles. The van der Waals surface area contributed by atoms with Crippen LogP contribution in [0, 0.1) is 25.2 Å². The molecule has 0 spiro atoms. The number of hydrogen-bond acceptors (Lipinski definition) is 6. The number of nitriles is 1. The lowest BCUT2D eigenvalue weighted by Gasteiger charge is -2.12. The minimum absolute atomic E-state index is 0.0811. The molecule has 0 aliphatic heterocycles. The summed E-state index contributed by atoms with van der Waals surface area (Å²) in [6.45, 7) is 3.20. The Labute approximate surface area is 206 Å². The number of alkyl halides is 3. The Hall–Kier alpha value is -5.05. The van der Waals surface area contributed by atoms with E-state index in [1.807, 2.05) is 19.1 Å². The van der Waals surface area contributed by atoms with Crippen LogP contribution < -0.4 is 16.5 Å². The first-order chi connectivity index (χ1) is 17.5. The molecule has 2 heterocycles. The van der Waals surface area contributed by atoms with Crippen molar-refractivity contribution in [3.63, 3.8) is 0 Å². The molecule has 4 aromatic rings. The van der Waals surface area contributed by atoms with E-state index in [1.165, 1.54) is 13.0 Å². The third-order valence-corrected chi connectivity index (χ3v) is 5.48. The molecule has 9 nitrogen and oxygen atoms in total. The van der Waals surface area contributed by atoms with Crippen LogP contribution in [0.15, 0.2) is 63.2 Å². The number of hydrazone groups is 1. The molecular formula is C25H17F3N6O3. The number of fused-ring (bicyclic) bond motifs is 1. The van der Waals surface area contributed by atoms with Gasteiger partial charge >= 0.3 is 6.18 Å². The van der Waals surface area contributed by atoms with Gasteiger partial charge in [-0.05, 0) is 55.6 Å². The summed E-state index contributed by atoms with van der Waals surface area (Å²) in [5, 5.41) is 17.9. The normalized spacial score (nSPS) is 11.6. The molecule has 0 unspecified atom stereocenters. The highest BCUT2D eigenvalue weighted by Gasteiger charge is 2.31. The van der Waals surface area contributed by atoms with Crippen molar-refractivity contribution in [2.24, 2.45) is 5.10 Å². The molecule has 0 saturated heterocycles. The number of nitrogens with one attached hydrogen (secondary N) is 2. The molecule has 37 heavy (non-hydrogen) atoms. The largest absolute Gasteiger partial charge is 0.416 e. The van der Waals surface area contributed by atoms with Gasteiger partial charge in [0.1, 0.15) is 11.6 Å². The fourth-order valence-corrected chi connectivity index (χ4v) is 3.59. The van der Waals surface area contributed by atoms with Gasteiger partial charge in [-0.2, -0.15) is 33.3 Å². The van der Waals surface area contributed by atoms with E-state index < -0.39 is 40.0 Å². The quantitative estimate of drug-likeness (QED) is 0.324. The molecule has 0 aliphatic rings.